The lowest BCUT2D eigenvalue weighted by Crippen LogP contribution is -2.25. The lowest BCUT2D eigenvalue weighted by atomic mass is 10.1. The number of hydrogen-bond acceptors (Lipinski definition) is 3. The zero-order chi connectivity index (χ0) is 22.5. The van der Waals surface area contributed by atoms with Crippen molar-refractivity contribution in [1.29, 1.82) is 0 Å². The van der Waals surface area contributed by atoms with Gasteiger partial charge in [0.05, 0.1) is 17.8 Å². The third-order valence-electron chi connectivity index (χ3n) is 5.55. The summed E-state index contributed by atoms with van der Waals surface area (Å²) in [4.78, 5) is 17.9. The van der Waals surface area contributed by atoms with E-state index in [-0.39, 0.29) is 5.91 Å². The molecule has 32 heavy (non-hydrogen) atoms. The van der Waals surface area contributed by atoms with Crippen LogP contribution in [-0.4, -0.2) is 31.6 Å². The van der Waals surface area contributed by atoms with Crippen LogP contribution in [-0.2, 0) is 13.0 Å². The number of anilines is 1. The van der Waals surface area contributed by atoms with Gasteiger partial charge in [0.2, 0.25) is 0 Å². The van der Waals surface area contributed by atoms with E-state index in [2.05, 4.69) is 15.2 Å². The van der Waals surface area contributed by atoms with Crippen LogP contribution < -0.4 is 15.0 Å². The van der Waals surface area contributed by atoms with Crippen molar-refractivity contribution in [3.05, 3.63) is 94.6 Å². The normalized spacial score (nSPS) is 10.8. The molecule has 2 N–H and O–H groups in total. The second kappa shape index (κ2) is 9.79. The van der Waals surface area contributed by atoms with Crippen molar-refractivity contribution in [3.8, 4) is 5.75 Å². The molecule has 0 unspecified atom stereocenters. The first-order chi connectivity index (χ1) is 15.5. The van der Waals surface area contributed by atoms with E-state index in [1.807, 2.05) is 80.0 Å². The summed E-state index contributed by atoms with van der Waals surface area (Å²) in [5.41, 5.74) is 4.94. The summed E-state index contributed by atoms with van der Waals surface area (Å²) < 4.78 is 5.32. The molecule has 6 heteroatoms. The molecule has 0 aliphatic rings. The number of benzene rings is 3. The predicted octanol–water partition coefficient (Wildman–Crippen LogP) is 5.44. The first-order valence-electron chi connectivity index (χ1n) is 10.5. The van der Waals surface area contributed by atoms with Crippen molar-refractivity contribution in [1.82, 2.24) is 10.3 Å². The zero-order valence-corrected chi connectivity index (χ0v) is 18.9. The first-order valence-corrected chi connectivity index (χ1v) is 10.9. The van der Waals surface area contributed by atoms with Gasteiger partial charge in [-0.15, -0.1) is 0 Å². The van der Waals surface area contributed by atoms with Gasteiger partial charge in [-0.05, 0) is 60.0 Å². The molecule has 5 nitrogen and oxygen atoms in total. The molecule has 0 bridgehead atoms. The van der Waals surface area contributed by atoms with E-state index in [9.17, 15) is 4.79 Å². The van der Waals surface area contributed by atoms with Gasteiger partial charge < -0.3 is 19.9 Å². The molecule has 0 saturated carbocycles. The molecule has 164 valence electrons. The van der Waals surface area contributed by atoms with Crippen LogP contribution in [0.25, 0.3) is 10.9 Å². The van der Waals surface area contributed by atoms with Crippen LogP contribution in [0.5, 0.6) is 5.75 Å². The number of aromatic amines is 1. The van der Waals surface area contributed by atoms with Crippen LogP contribution in [0.1, 0.15) is 21.5 Å². The Morgan fingerprint density at radius 1 is 1.09 bits per heavy atom. The quantitative estimate of drug-likeness (QED) is 0.378. The molecule has 1 heterocycles. The Balaban J connectivity index is 1.33. The van der Waals surface area contributed by atoms with Crippen molar-refractivity contribution in [2.24, 2.45) is 0 Å². The van der Waals surface area contributed by atoms with Crippen LogP contribution in [0.2, 0.25) is 5.02 Å². The Morgan fingerprint density at radius 3 is 2.62 bits per heavy atom. The Bertz CT molecular complexity index is 1220. The Labute approximate surface area is 193 Å². The van der Waals surface area contributed by atoms with E-state index in [1.54, 1.807) is 7.11 Å². The second-order valence-corrected chi connectivity index (χ2v) is 8.14. The maximum Gasteiger partial charge on any atom is 0.251 e. The van der Waals surface area contributed by atoms with Gasteiger partial charge in [0, 0.05) is 42.8 Å². The van der Waals surface area contributed by atoms with Gasteiger partial charge in [0.25, 0.3) is 5.91 Å². The summed E-state index contributed by atoms with van der Waals surface area (Å²) in [5.74, 6) is 0.746. The Hall–Kier alpha value is -3.44. The van der Waals surface area contributed by atoms with Crippen LogP contribution in [0.3, 0.4) is 0 Å². The standard InChI is InChI=1S/C26H26ClN3O2/c1-30(25-6-4-3-5-23(25)27)17-18-7-9-19(10-8-18)26(31)28-14-13-20-16-29-24-12-11-21(32-2)15-22(20)24/h3-12,15-16,29H,13-14,17H2,1-2H3,(H,28,31). The molecule has 0 aliphatic heterocycles. The average molecular weight is 448 g/mol. The van der Waals surface area contributed by atoms with Gasteiger partial charge in [0.1, 0.15) is 5.75 Å². The predicted molar refractivity (Wildman–Crippen MR) is 131 cm³/mol. The van der Waals surface area contributed by atoms with Gasteiger partial charge >= 0.3 is 0 Å². The molecule has 4 rings (SSSR count). The molecule has 0 spiro atoms. The molecule has 4 aromatic rings. The highest BCUT2D eigenvalue weighted by Gasteiger charge is 2.10. The van der Waals surface area contributed by atoms with Gasteiger partial charge in [-0.1, -0.05) is 35.9 Å². The zero-order valence-electron chi connectivity index (χ0n) is 18.2. The molecule has 1 aromatic heterocycles. The number of rotatable bonds is 8. The number of amides is 1. The molecule has 0 atom stereocenters. The van der Waals surface area contributed by atoms with Crippen LogP contribution in [0, 0.1) is 0 Å². The van der Waals surface area contributed by atoms with Gasteiger partial charge in [0.15, 0.2) is 0 Å². The number of carbonyl (C=O) groups excluding carboxylic acids is 1. The van der Waals surface area contributed by atoms with Crippen LogP contribution >= 0.6 is 11.6 Å². The summed E-state index contributed by atoms with van der Waals surface area (Å²) in [5, 5.41) is 4.85. The SMILES string of the molecule is COc1ccc2[nH]cc(CCNC(=O)c3ccc(CN(C)c4ccccc4Cl)cc3)c2c1. The number of ether oxygens (including phenoxy) is 1. The van der Waals surface area contributed by atoms with E-state index in [4.69, 9.17) is 16.3 Å². The minimum atomic E-state index is -0.0755. The number of nitrogens with zero attached hydrogens (tertiary/aromatic N) is 1. The number of para-hydroxylation sites is 1. The number of halogens is 1. The summed E-state index contributed by atoms with van der Waals surface area (Å²) in [6, 6.07) is 21.4. The molecule has 0 saturated heterocycles. The molecular formula is C26H26ClN3O2. The van der Waals surface area contributed by atoms with Crippen LogP contribution in [0.4, 0.5) is 5.69 Å². The largest absolute Gasteiger partial charge is 0.497 e. The molecule has 3 aromatic carbocycles. The van der Waals surface area contributed by atoms with Gasteiger partial charge in [-0.3, -0.25) is 4.79 Å². The number of aromatic nitrogens is 1. The van der Waals surface area contributed by atoms with Crippen molar-refractivity contribution in [3.63, 3.8) is 0 Å². The van der Waals surface area contributed by atoms with E-state index in [0.717, 1.165) is 44.9 Å². The highest BCUT2D eigenvalue weighted by atomic mass is 35.5. The number of carbonyl (C=O) groups is 1. The lowest BCUT2D eigenvalue weighted by molar-refractivity contribution is 0.0954. The highest BCUT2D eigenvalue weighted by molar-refractivity contribution is 6.33. The summed E-state index contributed by atoms with van der Waals surface area (Å²) in [6.07, 6.45) is 2.72. The minimum Gasteiger partial charge on any atom is -0.497 e. The topological polar surface area (TPSA) is 57.4 Å². The number of methoxy groups -OCH3 is 1. The number of nitrogens with one attached hydrogen (secondary N) is 2. The maximum atomic E-state index is 12.6. The first kappa shape index (κ1) is 21.8. The molecule has 0 aliphatic carbocycles. The third kappa shape index (κ3) is 4.89. The fourth-order valence-corrected chi connectivity index (χ4v) is 4.07. The molecule has 1 amide bonds. The Kier molecular flexibility index (Phi) is 6.66. The number of H-pyrrole nitrogens is 1. The van der Waals surface area contributed by atoms with E-state index in [0.29, 0.717) is 18.7 Å². The number of fused-ring (bicyclic) bond motifs is 1. The Morgan fingerprint density at radius 2 is 1.88 bits per heavy atom. The van der Waals surface area contributed by atoms with Crippen molar-refractivity contribution in [2.45, 2.75) is 13.0 Å². The summed E-state index contributed by atoms with van der Waals surface area (Å²) >= 11 is 6.28. The maximum absolute atomic E-state index is 12.6. The van der Waals surface area contributed by atoms with Crippen molar-refractivity contribution in [2.75, 3.05) is 25.6 Å². The van der Waals surface area contributed by atoms with Crippen molar-refractivity contribution >= 4 is 34.1 Å². The lowest BCUT2D eigenvalue weighted by Gasteiger charge is -2.20. The van der Waals surface area contributed by atoms with E-state index >= 15 is 0 Å². The molecule has 0 fully saturated rings. The third-order valence-corrected chi connectivity index (χ3v) is 5.87. The average Bonchev–Trinajstić information content (AvgIpc) is 3.21. The fraction of sp³-hybridized carbons (Fsp3) is 0.192. The van der Waals surface area contributed by atoms with Gasteiger partial charge in [-0.25, -0.2) is 0 Å². The number of hydrogen-bond donors (Lipinski definition) is 2. The van der Waals surface area contributed by atoms with E-state index < -0.39 is 0 Å². The molecule has 0 radical (unpaired) electrons. The second-order valence-electron chi connectivity index (χ2n) is 7.74. The minimum absolute atomic E-state index is 0.0755. The molecular weight excluding hydrogens is 422 g/mol. The smallest absolute Gasteiger partial charge is 0.251 e. The van der Waals surface area contributed by atoms with Crippen LogP contribution in [0.15, 0.2) is 72.9 Å². The summed E-state index contributed by atoms with van der Waals surface area (Å²) in [6.45, 7) is 1.26. The highest BCUT2D eigenvalue weighted by Crippen LogP contribution is 2.26. The fourth-order valence-electron chi connectivity index (χ4n) is 3.79. The monoisotopic (exact) mass is 447 g/mol. The summed E-state index contributed by atoms with van der Waals surface area (Å²) in [7, 11) is 3.66. The van der Waals surface area contributed by atoms with Gasteiger partial charge in [-0.2, -0.15) is 0 Å². The van der Waals surface area contributed by atoms with E-state index in [1.165, 1.54) is 0 Å². The van der Waals surface area contributed by atoms with Crippen molar-refractivity contribution < 1.29 is 9.53 Å².